The number of hydrogen-bond acceptors (Lipinski definition) is 4. The van der Waals surface area contributed by atoms with Gasteiger partial charge in [-0.2, -0.15) is 0 Å². The maximum Gasteiger partial charge on any atom is 0.256 e. The van der Waals surface area contributed by atoms with Crippen molar-refractivity contribution in [3.8, 4) is 0 Å². The number of halogens is 1. The highest BCUT2D eigenvalue weighted by Gasteiger charge is 2.28. The van der Waals surface area contributed by atoms with Crippen LogP contribution >= 0.6 is 0 Å². The Morgan fingerprint density at radius 2 is 2.21 bits per heavy atom. The van der Waals surface area contributed by atoms with Crippen LogP contribution in [-0.4, -0.2) is 42.3 Å². The van der Waals surface area contributed by atoms with Crippen molar-refractivity contribution in [2.75, 3.05) is 13.1 Å². The summed E-state index contributed by atoms with van der Waals surface area (Å²) in [6.07, 6.45) is 4.99. The predicted octanol–water partition coefficient (Wildman–Crippen LogP) is 1.22. The van der Waals surface area contributed by atoms with Crippen molar-refractivity contribution in [2.24, 2.45) is 5.14 Å². The van der Waals surface area contributed by atoms with Gasteiger partial charge in [-0.05, 0) is 31.0 Å². The zero-order chi connectivity index (χ0) is 17.3. The molecule has 0 aliphatic carbocycles. The number of sulfonamides is 1. The number of hydrogen-bond donors (Lipinski definition) is 2. The smallest absolute Gasteiger partial charge is 0.256 e. The third kappa shape index (κ3) is 3.31. The molecule has 1 amide bonds. The van der Waals surface area contributed by atoms with Crippen LogP contribution in [0.5, 0.6) is 0 Å². The number of nitrogens with two attached hydrogens (primary N) is 1. The number of aromatic amines is 1. The van der Waals surface area contributed by atoms with Crippen LogP contribution in [0.1, 0.15) is 34.9 Å². The molecule has 3 rings (SSSR count). The average molecular weight is 352 g/mol. The summed E-state index contributed by atoms with van der Waals surface area (Å²) in [5.41, 5.74) is -0.290. The van der Waals surface area contributed by atoms with Gasteiger partial charge in [0.05, 0.1) is 10.5 Å². The molecule has 1 aliphatic rings. The first kappa shape index (κ1) is 16.6. The van der Waals surface area contributed by atoms with Crippen LogP contribution in [0.2, 0.25) is 0 Å². The van der Waals surface area contributed by atoms with Crippen molar-refractivity contribution in [3.63, 3.8) is 0 Å². The van der Waals surface area contributed by atoms with E-state index in [0.717, 1.165) is 36.9 Å². The van der Waals surface area contributed by atoms with Gasteiger partial charge in [0.15, 0.2) is 0 Å². The molecule has 128 valence electrons. The number of H-pyrrole nitrogens is 1. The van der Waals surface area contributed by atoms with Crippen molar-refractivity contribution < 1.29 is 17.6 Å². The highest BCUT2D eigenvalue weighted by atomic mass is 32.2. The Kier molecular flexibility index (Phi) is 4.37. The second-order valence-corrected chi connectivity index (χ2v) is 7.31. The van der Waals surface area contributed by atoms with Gasteiger partial charge in [-0.3, -0.25) is 4.79 Å². The Bertz CT molecular complexity index is 852. The number of nitrogens with zero attached hydrogens (tertiary/aromatic N) is 2. The lowest BCUT2D eigenvalue weighted by Gasteiger charge is -2.32. The summed E-state index contributed by atoms with van der Waals surface area (Å²) >= 11 is 0. The number of imidazole rings is 1. The van der Waals surface area contributed by atoms with Crippen molar-refractivity contribution >= 4 is 15.9 Å². The minimum atomic E-state index is -4.00. The molecule has 1 atom stereocenters. The molecule has 0 radical (unpaired) electrons. The third-order valence-electron chi connectivity index (χ3n) is 4.11. The minimum Gasteiger partial charge on any atom is -0.348 e. The van der Waals surface area contributed by atoms with Crippen LogP contribution in [-0.2, 0) is 10.0 Å². The summed E-state index contributed by atoms with van der Waals surface area (Å²) in [5.74, 6) is -0.491. The summed E-state index contributed by atoms with van der Waals surface area (Å²) in [6, 6.07) is 2.98. The largest absolute Gasteiger partial charge is 0.348 e. The lowest BCUT2D eigenvalue weighted by molar-refractivity contribution is 0.0699. The number of likely N-dealkylation sites (tertiary alicyclic amines) is 1. The molecule has 1 unspecified atom stereocenters. The Labute approximate surface area is 138 Å². The number of nitrogens with one attached hydrogen (secondary N) is 1. The maximum absolute atomic E-state index is 14.0. The first-order valence-corrected chi connectivity index (χ1v) is 9.02. The fourth-order valence-electron chi connectivity index (χ4n) is 2.90. The Morgan fingerprint density at radius 3 is 2.88 bits per heavy atom. The number of piperidine rings is 1. The van der Waals surface area contributed by atoms with E-state index in [9.17, 15) is 17.6 Å². The number of amides is 1. The van der Waals surface area contributed by atoms with E-state index in [1.807, 2.05) is 0 Å². The van der Waals surface area contributed by atoms with E-state index in [4.69, 9.17) is 5.14 Å². The van der Waals surface area contributed by atoms with Crippen molar-refractivity contribution in [2.45, 2.75) is 23.7 Å². The molecule has 0 bridgehead atoms. The van der Waals surface area contributed by atoms with E-state index >= 15 is 0 Å². The van der Waals surface area contributed by atoms with E-state index in [2.05, 4.69) is 9.97 Å². The quantitative estimate of drug-likeness (QED) is 0.865. The molecule has 1 aromatic carbocycles. The number of aromatic nitrogens is 2. The molecule has 1 aromatic heterocycles. The van der Waals surface area contributed by atoms with Gasteiger partial charge >= 0.3 is 0 Å². The molecule has 2 aromatic rings. The minimum absolute atomic E-state index is 0.0437. The zero-order valence-corrected chi connectivity index (χ0v) is 13.6. The highest BCUT2D eigenvalue weighted by molar-refractivity contribution is 7.89. The summed E-state index contributed by atoms with van der Waals surface area (Å²) in [4.78, 5) is 21.1. The molecule has 0 saturated carbocycles. The van der Waals surface area contributed by atoms with E-state index in [1.165, 1.54) is 4.90 Å². The molecule has 2 heterocycles. The molecule has 9 heteroatoms. The first-order valence-electron chi connectivity index (χ1n) is 7.47. The second kappa shape index (κ2) is 6.33. The summed E-state index contributed by atoms with van der Waals surface area (Å²) in [7, 11) is -4.00. The van der Waals surface area contributed by atoms with E-state index < -0.39 is 21.7 Å². The van der Waals surface area contributed by atoms with E-state index in [1.54, 1.807) is 12.4 Å². The standard InChI is InChI=1S/C15H17FN4O3S/c16-13-4-3-11(24(17,22)23)8-12(13)15(21)20-7-1-2-10(9-20)14-18-5-6-19-14/h3-6,8,10H,1-2,7,9H2,(H,18,19)(H2,17,22,23). The topological polar surface area (TPSA) is 109 Å². The monoisotopic (exact) mass is 352 g/mol. The lowest BCUT2D eigenvalue weighted by atomic mass is 9.96. The molecule has 3 N–H and O–H groups in total. The first-order chi connectivity index (χ1) is 11.4. The second-order valence-electron chi connectivity index (χ2n) is 5.75. The van der Waals surface area contributed by atoms with E-state index in [-0.39, 0.29) is 16.4 Å². The number of carbonyl (C=O) groups is 1. The van der Waals surface area contributed by atoms with Gasteiger partial charge in [0.1, 0.15) is 11.6 Å². The SMILES string of the molecule is NS(=O)(=O)c1ccc(F)c(C(=O)N2CCCC(c3ncc[nH]3)C2)c1. The van der Waals surface area contributed by atoms with Gasteiger partial charge in [0.25, 0.3) is 5.91 Å². The van der Waals surface area contributed by atoms with Gasteiger partial charge in [-0.15, -0.1) is 0 Å². The Hall–Kier alpha value is -2.26. The molecular weight excluding hydrogens is 335 g/mol. The fourth-order valence-corrected chi connectivity index (χ4v) is 3.44. The molecule has 1 fully saturated rings. The third-order valence-corrected chi connectivity index (χ3v) is 5.02. The number of rotatable bonds is 3. The van der Waals surface area contributed by atoms with Crippen molar-refractivity contribution in [1.29, 1.82) is 0 Å². The number of carbonyl (C=O) groups excluding carboxylic acids is 1. The van der Waals surface area contributed by atoms with Gasteiger partial charge in [0.2, 0.25) is 10.0 Å². The predicted molar refractivity (Wildman–Crippen MR) is 84.2 cm³/mol. The number of primary sulfonamides is 1. The van der Waals surface area contributed by atoms with Crippen LogP contribution in [0.25, 0.3) is 0 Å². The molecular formula is C15H17FN4O3S. The fraction of sp³-hybridized carbons (Fsp3) is 0.333. The van der Waals surface area contributed by atoms with E-state index in [0.29, 0.717) is 13.1 Å². The highest BCUT2D eigenvalue weighted by Crippen LogP contribution is 2.26. The van der Waals surface area contributed by atoms with Gasteiger partial charge in [-0.25, -0.2) is 22.9 Å². The lowest BCUT2D eigenvalue weighted by Crippen LogP contribution is -2.39. The van der Waals surface area contributed by atoms with Crippen LogP contribution in [0.15, 0.2) is 35.5 Å². The van der Waals surface area contributed by atoms with Crippen LogP contribution in [0, 0.1) is 5.82 Å². The normalized spacial score (nSPS) is 18.6. The Morgan fingerprint density at radius 1 is 1.42 bits per heavy atom. The summed E-state index contributed by atoms with van der Waals surface area (Å²) in [6.45, 7) is 0.875. The van der Waals surface area contributed by atoms with Gasteiger partial charge in [-0.1, -0.05) is 0 Å². The van der Waals surface area contributed by atoms with Gasteiger partial charge < -0.3 is 9.88 Å². The molecule has 7 nitrogen and oxygen atoms in total. The molecule has 1 aliphatic heterocycles. The maximum atomic E-state index is 14.0. The van der Waals surface area contributed by atoms with Crippen molar-refractivity contribution in [1.82, 2.24) is 14.9 Å². The van der Waals surface area contributed by atoms with Crippen LogP contribution in [0.4, 0.5) is 4.39 Å². The van der Waals surface area contributed by atoms with Crippen LogP contribution in [0.3, 0.4) is 0 Å². The van der Waals surface area contributed by atoms with Gasteiger partial charge in [0, 0.05) is 31.4 Å². The summed E-state index contributed by atoms with van der Waals surface area (Å²) < 4.78 is 36.9. The summed E-state index contributed by atoms with van der Waals surface area (Å²) in [5, 5.41) is 5.05. The molecule has 24 heavy (non-hydrogen) atoms. The number of benzene rings is 1. The van der Waals surface area contributed by atoms with Crippen molar-refractivity contribution in [3.05, 3.63) is 47.8 Å². The Balaban J connectivity index is 1.86. The zero-order valence-electron chi connectivity index (χ0n) is 12.8. The average Bonchev–Trinajstić information content (AvgIpc) is 3.08. The molecule has 1 saturated heterocycles. The molecule has 0 spiro atoms. The van der Waals surface area contributed by atoms with Crippen LogP contribution < -0.4 is 5.14 Å².